The van der Waals surface area contributed by atoms with Crippen LogP contribution < -0.4 is 14.2 Å². The zero-order chi connectivity index (χ0) is 44.1. The molecule has 0 saturated carbocycles. The minimum Gasteiger partial charge on any atom is -0.497 e. The molecular weight excluding hydrogens is 808 g/mol. The maximum atomic E-state index is 11.7. The van der Waals surface area contributed by atoms with Crippen molar-refractivity contribution < 1.29 is 37.7 Å². The first-order valence-corrected chi connectivity index (χ1v) is 21.9. The van der Waals surface area contributed by atoms with Gasteiger partial charge in [-0.2, -0.15) is 5.26 Å². The third-order valence-electron chi connectivity index (χ3n) is 10.7. The monoisotopic (exact) mass is 862 g/mol. The largest absolute Gasteiger partial charge is 0.497 e. The molecule has 5 aromatic rings. The molecule has 1 aliphatic heterocycles. The molecule has 1 fully saturated rings. The molecule has 0 spiro atoms. The number of methoxy groups -OCH3 is 2. The summed E-state index contributed by atoms with van der Waals surface area (Å²) in [5.41, 5.74) is 2.84. The molecule has 1 saturated heterocycles. The third-order valence-corrected chi connectivity index (χ3v) is 12.8. The Labute approximate surface area is 365 Å². The summed E-state index contributed by atoms with van der Waals surface area (Å²) in [4.78, 5) is 15.9. The lowest BCUT2D eigenvalue weighted by Gasteiger charge is -2.39. The van der Waals surface area contributed by atoms with Crippen LogP contribution in [0.4, 0.5) is 5.69 Å². The molecule has 1 aromatic heterocycles. The number of pyridine rings is 1. The third kappa shape index (κ3) is 10.9. The lowest BCUT2D eigenvalue weighted by Crippen LogP contribution is -2.39. The van der Waals surface area contributed by atoms with Crippen LogP contribution in [0.5, 0.6) is 17.4 Å². The van der Waals surface area contributed by atoms with E-state index in [1.807, 2.05) is 78.9 Å². The number of hydrogen-bond acceptors (Lipinski definition) is 12. The van der Waals surface area contributed by atoms with Crippen LogP contribution in [-0.4, -0.2) is 72.9 Å². The SMILES string of the molecule is COc1ccc(C(OC[C@H]2O[C@@H](c3cccnc3OCCc3ccccc3[N+](=O)[O-])C[C@@H]2OP(OCCC#N)N(C(C)C)C(C)C)(c2ccccc2)c2ccc(OC)cc2)cc1. The van der Waals surface area contributed by atoms with Gasteiger partial charge < -0.3 is 32.7 Å². The number of nitro benzene ring substituents is 1. The molecule has 13 nitrogen and oxygen atoms in total. The van der Waals surface area contributed by atoms with Gasteiger partial charge in [-0.25, -0.2) is 9.65 Å². The van der Waals surface area contributed by atoms with Gasteiger partial charge in [0.05, 0.1) is 63.7 Å². The average Bonchev–Trinajstić information content (AvgIpc) is 3.69. The van der Waals surface area contributed by atoms with E-state index in [2.05, 4.69) is 55.6 Å². The highest BCUT2D eigenvalue weighted by Gasteiger charge is 2.45. The van der Waals surface area contributed by atoms with Gasteiger partial charge in [-0.15, -0.1) is 0 Å². The number of nitrogens with zero attached hydrogens (tertiary/aromatic N) is 4. The van der Waals surface area contributed by atoms with Crippen molar-refractivity contribution in [2.45, 2.75) is 83.0 Å². The molecule has 0 radical (unpaired) electrons. The quantitative estimate of drug-likeness (QED) is 0.0214. The first kappa shape index (κ1) is 46.1. The molecule has 62 heavy (non-hydrogen) atoms. The van der Waals surface area contributed by atoms with Gasteiger partial charge in [0, 0.05) is 48.3 Å². The second-order valence-electron chi connectivity index (χ2n) is 15.3. The average molecular weight is 863 g/mol. The molecule has 0 bridgehead atoms. The van der Waals surface area contributed by atoms with E-state index in [1.54, 1.807) is 38.6 Å². The van der Waals surface area contributed by atoms with E-state index >= 15 is 0 Å². The molecule has 4 aromatic carbocycles. The molecule has 0 N–H and O–H groups in total. The number of rotatable bonds is 22. The summed E-state index contributed by atoms with van der Waals surface area (Å²) in [6.45, 7) is 8.86. The van der Waals surface area contributed by atoms with Gasteiger partial charge in [0.2, 0.25) is 5.88 Å². The maximum absolute atomic E-state index is 11.7. The van der Waals surface area contributed by atoms with Crippen LogP contribution in [0.1, 0.15) is 74.5 Å². The first-order chi connectivity index (χ1) is 30.1. The van der Waals surface area contributed by atoms with Crippen molar-refractivity contribution in [1.29, 1.82) is 5.26 Å². The summed E-state index contributed by atoms with van der Waals surface area (Å²) in [5.74, 6) is 1.79. The van der Waals surface area contributed by atoms with Crippen molar-refractivity contribution in [3.63, 3.8) is 0 Å². The lowest BCUT2D eigenvalue weighted by molar-refractivity contribution is -0.385. The van der Waals surface area contributed by atoms with Crippen LogP contribution in [0.25, 0.3) is 0 Å². The topological polar surface area (TPSA) is 148 Å². The van der Waals surface area contributed by atoms with Crippen LogP contribution in [-0.2, 0) is 30.5 Å². The fourth-order valence-electron chi connectivity index (χ4n) is 7.79. The number of aromatic nitrogens is 1. The van der Waals surface area contributed by atoms with E-state index < -0.39 is 32.4 Å². The van der Waals surface area contributed by atoms with Gasteiger partial charge in [0.25, 0.3) is 14.2 Å². The van der Waals surface area contributed by atoms with Crippen LogP contribution in [0.15, 0.2) is 121 Å². The van der Waals surface area contributed by atoms with E-state index in [0.717, 1.165) is 16.7 Å². The standard InChI is InChI=1S/C48H55N4O9P/c1-34(2)51(35(3)4)62(59-30-13-28-49)61-45-32-44(42-17-12-29-50-47(42)57-31-27-36-14-10-11-18-43(36)52(53)54)60-46(45)33-58-48(37-15-8-7-9-16-37,38-19-23-40(55-5)24-20-38)39-21-25-41(56-6)26-22-39/h7-12,14-26,29,34-35,44-46H,13,27,30-33H2,1-6H3/t44-,45+,46-,62?/m1/s1. The minimum absolute atomic E-state index is 0.0421. The summed E-state index contributed by atoms with van der Waals surface area (Å²) >= 11 is 0. The Hall–Kier alpha value is -5.45. The molecule has 4 atom stereocenters. The van der Waals surface area contributed by atoms with Gasteiger partial charge in [-0.3, -0.25) is 10.1 Å². The number of benzene rings is 4. The molecule has 326 valence electrons. The lowest BCUT2D eigenvalue weighted by atomic mass is 9.80. The van der Waals surface area contributed by atoms with Crippen LogP contribution in [0.2, 0.25) is 0 Å². The number of nitriles is 1. The highest BCUT2D eigenvalue weighted by molar-refractivity contribution is 7.44. The maximum Gasteiger partial charge on any atom is 0.272 e. The van der Waals surface area contributed by atoms with E-state index in [0.29, 0.717) is 41.3 Å². The summed E-state index contributed by atoms with van der Waals surface area (Å²) in [7, 11) is 1.62. The van der Waals surface area contributed by atoms with Crippen molar-refractivity contribution in [2.24, 2.45) is 0 Å². The Morgan fingerprint density at radius 2 is 1.47 bits per heavy atom. The molecular formula is C48H55N4O9P. The summed E-state index contributed by atoms with van der Waals surface area (Å²) in [6, 6.07) is 38.5. The zero-order valence-electron chi connectivity index (χ0n) is 36.1. The fourth-order valence-corrected chi connectivity index (χ4v) is 9.55. The van der Waals surface area contributed by atoms with Gasteiger partial charge >= 0.3 is 0 Å². The van der Waals surface area contributed by atoms with E-state index in [9.17, 15) is 15.4 Å². The van der Waals surface area contributed by atoms with Gasteiger partial charge in [-0.1, -0.05) is 72.8 Å². The predicted molar refractivity (Wildman–Crippen MR) is 237 cm³/mol. The van der Waals surface area contributed by atoms with E-state index in [1.165, 1.54) is 6.07 Å². The Balaban J connectivity index is 1.38. The molecule has 1 unspecified atom stereocenters. The second-order valence-corrected chi connectivity index (χ2v) is 16.7. The Bertz CT molecular complexity index is 2170. The summed E-state index contributed by atoms with van der Waals surface area (Å²) in [6.07, 6.45) is 0.904. The van der Waals surface area contributed by atoms with Gasteiger partial charge in [0.15, 0.2) is 0 Å². The van der Waals surface area contributed by atoms with Crippen molar-refractivity contribution >= 4 is 14.2 Å². The van der Waals surface area contributed by atoms with Crippen LogP contribution >= 0.6 is 8.53 Å². The molecule has 6 rings (SSSR count). The van der Waals surface area contributed by atoms with Crippen molar-refractivity contribution in [2.75, 3.05) is 34.0 Å². The smallest absolute Gasteiger partial charge is 0.272 e. The van der Waals surface area contributed by atoms with Crippen molar-refractivity contribution in [1.82, 2.24) is 9.65 Å². The number of nitro groups is 1. The first-order valence-electron chi connectivity index (χ1n) is 20.8. The Morgan fingerprint density at radius 1 is 0.855 bits per heavy atom. The van der Waals surface area contributed by atoms with Crippen molar-refractivity contribution in [3.05, 3.63) is 159 Å². The van der Waals surface area contributed by atoms with Crippen molar-refractivity contribution in [3.8, 4) is 23.4 Å². The fraction of sp³-hybridized carbons (Fsp3) is 0.375. The van der Waals surface area contributed by atoms with Gasteiger partial charge in [-0.05, 0) is 80.8 Å². The number of para-hydroxylation sites is 1. The molecule has 1 aliphatic rings. The molecule has 0 aliphatic carbocycles. The minimum atomic E-state index is -1.66. The van der Waals surface area contributed by atoms with Crippen LogP contribution in [0, 0.1) is 21.4 Å². The number of ether oxygens (including phenoxy) is 5. The Kier molecular flexibility index (Phi) is 16.4. The number of hydrogen-bond donors (Lipinski definition) is 0. The second kappa shape index (κ2) is 22.1. The molecule has 0 amide bonds. The highest BCUT2D eigenvalue weighted by Crippen LogP contribution is 2.52. The molecule has 2 heterocycles. The van der Waals surface area contributed by atoms with Crippen LogP contribution in [0.3, 0.4) is 0 Å². The zero-order valence-corrected chi connectivity index (χ0v) is 37.0. The predicted octanol–water partition coefficient (Wildman–Crippen LogP) is 10.1. The molecule has 14 heteroatoms. The summed E-state index contributed by atoms with van der Waals surface area (Å²) in [5, 5.41) is 21.1. The normalized spacial score (nSPS) is 16.9. The summed E-state index contributed by atoms with van der Waals surface area (Å²) < 4.78 is 47.4. The highest BCUT2D eigenvalue weighted by atomic mass is 31.2. The van der Waals surface area contributed by atoms with E-state index in [-0.39, 0.29) is 48.9 Å². The Morgan fingerprint density at radius 3 is 2.06 bits per heavy atom. The van der Waals surface area contributed by atoms with Gasteiger partial charge in [0.1, 0.15) is 23.2 Å². The van der Waals surface area contributed by atoms with E-state index in [4.69, 9.17) is 32.7 Å².